The van der Waals surface area contributed by atoms with Gasteiger partial charge in [-0.05, 0) is 43.4 Å². The Hall–Kier alpha value is -0.380. The molecule has 1 aromatic carbocycles. The first-order chi connectivity index (χ1) is 8.25. The third kappa shape index (κ3) is 4.09. The van der Waals surface area contributed by atoms with Crippen molar-refractivity contribution in [2.75, 3.05) is 13.2 Å². The number of hydrogen-bond donors (Lipinski definition) is 1. The molecule has 0 aromatic heterocycles. The predicted octanol–water partition coefficient (Wildman–Crippen LogP) is 3.35. The fourth-order valence-electron chi connectivity index (χ4n) is 2.31. The van der Waals surface area contributed by atoms with E-state index >= 15 is 0 Å². The molecule has 1 unspecified atom stereocenters. The number of hydrogen-bond acceptors (Lipinski definition) is 2. The van der Waals surface area contributed by atoms with Crippen LogP contribution >= 0.6 is 15.9 Å². The van der Waals surface area contributed by atoms with Crippen molar-refractivity contribution in [2.45, 2.75) is 32.4 Å². The number of benzene rings is 1. The SMILES string of the molecule is CC(NCc1cccc(Br)c1)C1CCOCC1. The maximum Gasteiger partial charge on any atom is 0.0469 e. The lowest BCUT2D eigenvalue weighted by molar-refractivity contribution is 0.0558. The molecule has 1 aliphatic heterocycles. The van der Waals surface area contributed by atoms with Crippen LogP contribution in [0.2, 0.25) is 0 Å². The van der Waals surface area contributed by atoms with Crippen molar-refractivity contribution in [2.24, 2.45) is 5.92 Å². The van der Waals surface area contributed by atoms with Crippen molar-refractivity contribution in [3.05, 3.63) is 34.3 Å². The van der Waals surface area contributed by atoms with Gasteiger partial charge in [-0.25, -0.2) is 0 Å². The summed E-state index contributed by atoms with van der Waals surface area (Å²) in [5.41, 5.74) is 1.33. The topological polar surface area (TPSA) is 21.3 Å². The Balaban J connectivity index is 1.80. The Bertz CT molecular complexity index is 350. The van der Waals surface area contributed by atoms with Crippen molar-refractivity contribution in [1.82, 2.24) is 5.32 Å². The maximum atomic E-state index is 5.39. The fourth-order valence-corrected chi connectivity index (χ4v) is 2.75. The molecule has 1 fully saturated rings. The van der Waals surface area contributed by atoms with Crippen LogP contribution in [0.1, 0.15) is 25.3 Å². The van der Waals surface area contributed by atoms with E-state index in [2.05, 4.69) is 52.4 Å². The predicted molar refractivity (Wildman–Crippen MR) is 74.0 cm³/mol. The van der Waals surface area contributed by atoms with Crippen LogP contribution in [0.15, 0.2) is 28.7 Å². The van der Waals surface area contributed by atoms with Crippen LogP contribution < -0.4 is 5.32 Å². The quantitative estimate of drug-likeness (QED) is 0.920. The normalized spacial score (nSPS) is 19.2. The molecule has 1 aliphatic rings. The second-order valence-electron chi connectivity index (χ2n) is 4.75. The molecule has 1 atom stereocenters. The first-order valence-corrected chi connectivity index (χ1v) is 7.10. The van der Waals surface area contributed by atoms with Crippen molar-refractivity contribution >= 4 is 15.9 Å². The van der Waals surface area contributed by atoms with Gasteiger partial charge in [0.25, 0.3) is 0 Å². The molecule has 1 N–H and O–H groups in total. The van der Waals surface area contributed by atoms with Crippen molar-refractivity contribution in [3.63, 3.8) is 0 Å². The van der Waals surface area contributed by atoms with Gasteiger partial charge in [0.05, 0.1) is 0 Å². The highest BCUT2D eigenvalue weighted by Gasteiger charge is 2.19. The second kappa shape index (κ2) is 6.53. The molecule has 3 heteroatoms. The first kappa shape index (κ1) is 13.1. The monoisotopic (exact) mass is 297 g/mol. The zero-order valence-electron chi connectivity index (χ0n) is 10.3. The number of nitrogens with one attached hydrogen (secondary N) is 1. The van der Waals surface area contributed by atoms with Crippen molar-refractivity contribution in [1.29, 1.82) is 0 Å². The maximum absolute atomic E-state index is 5.39. The molecular formula is C14H20BrNO. The Morgan fingerprint density at radius 1 is 1.41 bits per heavy atom. The van der Waals surface area contributed by atoms with Crippen LogP contribution in [0.4, 0.5) is 0 Å². The van der Waals surface area contributed by atoms with Crippen LogP contribution in [0.5, 0.6) is 0 Å². The Kier molecular flexibility index (Phi) is 5.01. The third-order valence-corrected chi connectivity index (χ3v) is 3.98. The summed E-state index contributed by atoms with van der Waals surface area (Å²) in [7, 11) is 0. The van der Waals surface area contributed by atoms with Crippen LogP contribution in [0, 0.1) is 5.92 Å². The van der Waals surface area contributed by atoms with Gasteiger partial charge in [-0.2, -0.15) is 0 Å². The van der Waals surface area contributed by atoms with E-state index in [0.29, 0.717) is 6.04 Å². The van der Waals surface area contributed by atoms with E-state index < -0.39 is 0 Å². The van der Waals surface area contributed by atoms with Gasteiger partial charge in [-0.15, -0.1) is 0 Å². The molecule has 2 rings (SSSR count). The standard InChI is InChI=1S/C14H20BrNO/c1-11(13-5-7-17-8-6-13)16-10-12-3-2-4-14(15)9-12/h2-4,9,11,13,16H,5-8,10H2,1H3. The highest BCUT2D eigenvalue weighted by Crippen LogP contribution is 2.19. The van der Waals surface area contributed by atoms with Gasteiger partial charge in [0.15, 0.2) is 0 Å². The highest BCUT2D eigenvalue weighted by molar-refractivity contribution is 9.10. The molecule has 94 valence electrons. The van der Waals surface area contributed by atoms with Crippen LogP contribution in [0.3, 0.4) is 0 Å². The molecule has 0 saturated carbocycles. The zero-order chi connectivity index (χ0) is 12.1. The van der Waals surface area contributed by atoms with Crippen molar-refractivity contribution in [3.8, 4) is 0 Å². The molecule has 0 spiro atoms. The van der Waals surface area contributed by atoms with Gasteiger partial charge in [0.2, 0.25) is 0 Å². The molecule has 0 amide bonds. The number of rotatable bonds is 4. The minimum absolute atomic E-state index is 0.567. The molecule has 1 heterocycles. The molecule has 1 aromatic rings. The fraction of sp³-hybridized carbons (Fsp3) is 0.571. The van der Waals surface area contributed by atoms with Gasteiger partial charge in [-0.1, -0.05) is 28.1 Å². The average Bonchev–Trinajstić information content (AvgIpc) is 2.37. The molecule has 17 heavy (non-hydrogen) atoms. The third-order valence-electron chi connectivity index (χ3n) is 3.49. The molecule has 2 nitrogen and oxygen atoms in total. The van der Waals surface area contributed by atoms with Crippen LogP contribution in [-0.4, -0.2) is 19.3 Å². The van der Waals surface area contributed by atoms with E-state index in [1.54, 1.807) is 0 Å². The zero-order valence-corrected chi connectivity index (χ0v) is 11.9. The van der Waals surface area contributed by atoms with E-state index in [-0.39, 0.29) is 0 Å². The largest absolute Gasteiger partial charge is 0.381 e. The summed E-state index contributed by atoms with van der Waals surface area (Å²) in [6, 6.07) is 9.04. The molecule has 0 bridgehead atoms. The molecular weight excluding hydrogens is 278 g/mol. The van der Waals surface area contributed by atoms with E-state index in [0.717, 1.165) is 30.1 Å². The minimum Gasteiger partial charge on any atom is -0.381 e. The van der Waals surface area contributed by atoms with Gasteiger partial charge in [0, 0.05) is 30.3 Å². The van der Waals surface area contributed by atoms with Crippen LogP contribution in [0.25, 0.3) is 0 Å². The first-order valence-electron chi connectivity index (χ1n) is 6.31. The van der Waals surface area contributed by atoms with Gasteiger partial charge in [-0.3, -0.25) is 0 Å². The second-order valence-corrected chi connectivity index (χ2v) is 5.66. The van der Waals surface area contributed by atoms with Gasteiger partial charge >= 0.3 is 0 Å². The van der Waals surface area contributed by atoms with E-state index in [1.165, 1.54) is 18.4 Å². The summed E-state index contributed by atoms with van der Waals surface area (Å²) in [4.78, 5) is 0. The highest BCUT2D eigenvalue weighted by atomic mass is 79.9. The minimum atomic E-state index is 0.567. The van der Waals surface area contributed by atoms with Gasteiger partial charge in [0.1, 0.15) is 0 Å². The smallest absolute Gasteiger partial charge is 0.0469 e. The Labute approximate surface area is 112 Å². The lowest BCUT2D eigenvalue weighted by Crippen LogP contribution is -2.36. The summed E-state index contributed by atoms with van der Waals surface area (Å²) >= 11 is 3.50. The molecule has 1 saturated heterocycles. The number of ether oxygens (including phenoxy) is 1. The van der Waals surface area contributed by atoms with E-state index in [1.807, 2.05) is 0 Å². The van der Waals surface area contributed by atoms with Crippen molar-refractivity contribution < 1.29 is 4.74 Å². The lowest BCUT2D eigenvalue weighted by atomic mass is 9.93. The van der Waals surface area contributed by atoms with E-state index in [4.69, 9.17) is 4.74 Å². The van der Waals surface area contributed by atoms with Crippen LogP contribution in [-0.2, 0) is 11.3 Å². The average molecular weight is 298 g/mol. The summed E-state index contributed by atoms with van der Waals surface area (Å²) < 4.78 is 6.54. The van der Waals surface area contributed by atoms with Gasteiger partial charge < -0.3 is 10.1 Å². The summed E-state index contributed by atoms with van der Waals surface area (Å²) in [5, 5.41) is 3.62. The molecule has 0 radical (unpaired) electrons. The summed E-state index contributed by atoms with van der Waals surface area (Å²) in [6.07, 6.45) is 2.37. The van der Waals surface area contributed by atoms with E-state index in [9.17, 15) is 0 Å². The molecule has 0 aliphatic carbocycles. The summed E-state index contributed by atoms with van der Waals surface area (Å²) in [6.45, 7) is 5.08. The summed E-state index contributed by atoms with van der Waals surface area (Å²) in [5.74, 6) is 0.760. The Morgan fingerprint density at radius 2 is 2.18 bits per heavy atom. The Morgan fingerprint density at radius 3 is 2.88 bits per heavy atom. The number of halogens is 1. The lowest BCUT2D eigenvalue weighted by Gasteiger charge is -2.28.